The Labute approximate surface area is 159 Å². The summed E-state index contributed by atoms with van der Waals surface area (Å²) in [6.45, 7) is 6.19. The standard InChI is InChI=1S/C21H28BrNO2/c1-2-3-13-24-14-7-12-23-16-19-15-20(22)10-11-21(19)25-17-18-8-5-4-6-9-18/h4-6,8-11,15,23H,2-3,7,12-14,16-17H2,1H3. The van der Waals surface area contributed by atoms with Gasteiger partial charge in [-0.05, 0) is 43.1 Å². The Morgan fingerprint density at radius 3 is 2.60 bits per heavy atom. The summed E-state index contributed by atoms with van der Waals surface area (Å²) in [5.74, 6) is 0.929. The van der Waals surface area contributed by atoms with Crippen molar-refractivity contribution in [1.82, 2.24) is 5.32 Å². The fourth-order valence-electron chi connectivity index (χ4n) is 2.43. The van der Waals surface area contributed by atoms with Crippen molar-refractivity contribution < 1.29 is 9.47 Å². The third-order valence-electron chi connectivity index (χ3n) is 3.86. The van der Waals surface area contributed by atoms with Crippen molar-refractivity contribution >= 4 is 15.9 Å². The lowest BCUT2D eigenvalue weighted by Crippen LogP contribution is -2.17. The molecule has 2 rings (SSSR count). The molecule has 0 saturated heterocycles. The van der Waals surface area contributed by atoms with Crippen LogP contribution >= 0.6 is 15.9 Å². The number of unbranched alkanes of at least 4 members (excludes halogenated alkanes) is 1. The van der Waals surface area contributed by atoms with E-state index in [4.69, 9.17) is 9.47 Å². The summed E-state index contributed by atoms with van der Waals surface area (Å²) >= 11 is 3.55. The van der Waals surface area contributed by atoms with E-state index in [0.717, 1.165) is 54.9 Å². The highest BCUT2D eigenvalue weighted by atomic mass is 79.9. The predicted octanol–water partition coefficient (Wildman–Crippen LogP) is 5.32. The van der Waals surface area contributed by atoms with Crippen molar-refractivity contribution in [2.75, 3.05) is 19.8 Å². The zero-order valence-corrected chi connectivity index (χ0v) is 16.6. The lowest BCUT2D eigenvalue weighted by molar-refractivity contribution is 0.128. The molecule has 0 heterocycles. The van der Waals surface area contributed by atoms with Gasteiger partial charge in [-0.1, -0.05) is 59.6 Å². The van der Waals surface area contributed by atoms with Crippen molar-refractivity contribution in [2.45, 2.75) is 39.3 Å². The minimum atomic E-state index is 0.584. The largest absolute Gasteiger partial charge is 0.489 e. The average Bonchev–Trinajstić information content (AvgIpc) is 2.64. The van der Waals surface area contributed by atoms with Gasteiger partial charge in [-0.25, -0.2) is 0 Å². The molecule has 0 radical (unpaired) electrons. The molecule has 1 N–H and O–H groups in total. The van der Waals surface area contributed by atoms with Gasteiger partial charge in [-0.2, -0.15) is 0 Å². The fourth-order valence-corrected chi connectivity index (χ4v) is 2.84. The van der Waals surface area contributed by atoms with Crippen LogP contribution in [0.4, 0.5) is 0 Å². The van der Waals surface area contributed by atoms with E-state index in [0.29, 0.717) is 6.61 Å². The molecule has 0 aromatic heterocycles. The highest BCUT2D eigenvalue weighted by Gasteiger charge is 2.05. The molecule has 0 aliphatic rings. The van der Waals surface area contributed by atoms with Crippen LogP contribution in [0, 0.1) is 0 Å². The maximum Gasteiger partial charge on any atom is 0.124 e. The maximum absolute atomic E-state index is 6.02. The lowest BCUT2D eigenvalue weighted by atomic mass is 10.2. The van der Waals surface area contributed by atoms with E-state index in [2.05, 4.69) is 46.4 Å². The van der Waals surface area contributed by atoms with Crippen LogP contribution in [0.5, 0.6) is 5.75 Å². The summed E-state index contributed by atoms with van der Waals surface area (Å²) in [5.41, 5.74) is 2.34. The normalized spacial score (nSPS) is 10.8. The van der Waals surface area contributed by atoms with Gasteiger partial charge in [0.15, 0.2) is 0 Å². The first-order valence-corrected chi connectivity index (χ1v) is 9.82. The number of nitrogens with one attached hydrogen (secondary N) is 1. The molecule has 2 aromatic carbocycles. The third-order valence-corrected chi connectivity index (χ3v) is 4.35. The zero-order valence-electron chi connectivity index (χ0n) is 15.0. The first kappa shape index (κ1) is 20.0. The van der Waals surface area contributed by atoms with Crippen LogP contribution in [0.1, 0.15) is 37.3 Å². The summed E-state index contributed by atoms with van der Waals surface area (Å²) < 4.78 is 12.7. The molecule has 0 atom stereocenters. The van der Waals surface area contributed by atoms with Crippen LogP contribution < -0.4 is 10.1 Å². The van der Waals surface area contributed by atoms with E-state index >= 15 is 0 Å². The number of hydrogen-bond donors (Lipinski definition) is 1. The van der Waals surface area contributed by atoms with Crippen molar-refractivity contribution in [1.29, 1.82) is 0 Å². The second-order valence-corrected chi connectivity index (χ2v) is 6.94. The predicted molar refractivity (Wildman–Crippen MR) is 107 cm³/mol. The molecule has 0 aliphatic carbocycles. The van der Waals surface area contributed by atoms with E-state index in [-0.39, 0.29) is 0 Å². The van der Waals surface area contributed by atoms with Gasteiger partial charge >= 0.3 is 0 Å². The molecular formula is C21H28BrNO2. The molecule has 0 bridgehead atoms. The summed E-state index contributed by atoms with van der Waals surface area (Å²) in [4.78, 5) is 0. The van der Waals surface area contributed by atoms with Crippen molar-refractivity contribution in [3.05, 3.63) is 64.1 Å². The monoisotopic (exact) mass is 405 g/mol. The van der Waals surface area contributed by atoms with Gasteiger partial charge in [0.25, 0.3) is 0 Å². The lowest BCUT2D eigenvalue weighted by Gasteiger charge is -2.13. The number of ether oxygens (including phenoxy) is 2. The van der Waals surface area contributed by atoms with Crippen molar-refractivity contribution in [3.8, 4) is 5.75 Å². The summed E-state index contributed by atoms with van der Waals surface area (Å²) in [6, 6.07) is 16.4. The zero-order chi connectivity index (χ0) is 17.7. The molecule has 0 saturated carbocycles. The molecule has 0 unspecified atom stereocenters. The molecule has 0 spiro atoms. The van der Waals surface area contributed by atoms with Crippen LogP contribution in [0.3, 0.4) is 0 Å². The van der Waals surface area contributed by atoms with Crippen molar-refractivity contribution in [2.24, 2.45) is 0 Å². The number of hydrogen-bond acceptors (Lipinski definition) is 3. The van der Waals surface area contributed by atoms with Gasteiger partial charge in [0, 0.05) is 29.8 Å². The average molecular weight is 406 g/mol. The molecule has 4 heteroatoms. The number of benzene rings is 2. The van der Waals surface area contributed by atoms with E-state index in [9.17, 15) is 0 Å². The van der Waals surface area contributed by atoms with Gasteiger partial charge in [0.1, 0.15) is 12.4 Å². The summed E-state index contributed by atoms with van der Waals surface area (Å²) in [7, 11) is 0. The SMILES string of the molecule is CCCCOCCCNCc1cc(Br)ccc1OCc1ccccc1. The van der Waals surface area contributed by atoms with Crippen molar-refractivity contribution in [3.63, 3.8) is 0 Å². The maximum atomic E-state index is 6.02. The topological polar surface area (TPSA) is 30.5 Å². The van der Waals surface area contributed by atoms with Gasteiger partial charge < -0.3 is 14.8 Å². The Morgan fingerprint density at radius 2 is 1.80 bits per heavy atom. The van der Waals surface area contributed by atoms with Gasteiger partial charge in [-0.15, -0.1) is 0 Å². The summed E-state index contributed by atoms with van der Waals surface area (Å²) in [5, 5.41) is 3.48. The molecule has 25 heavy (non-hydrogen) atoms. The molecule has 0 amide bonds. The first-order valence-electron chi connectivity index (χ1n) is 9.03. The molecule has 3 nitrogen and oxygen atoms in total. The van der Waals surface area contributed by atoms with Crippen LogP contribution in [0.15, 0.2) is 53.0 Å². The second-order valence-electron chi connectivity index (χ2n) is 6.02. The molecular weight excluding hydrogens is 378 g/mol. The van der Waals surface area contributed by atoms with E-state index < -0.39 is 0 Å². The van der Waals surface area contributed by atoms with Gasteiger partial charge in [0.05, 0.1) is 0 Å². The third kappa shape index (κ3) is 8.04. The van der Waals surface area contributed by atoms with Crippen LogP contribution in [-0.4, -0.2) is 19.8 Å². The van der Waals surface area contributed by atoms with Crippen LogP contribution in [0.2, 0.25) is 0 Å². The smallest absolute Gasteiger partial charge is 0.124 e. The molecule has 0 aliphatic heterocycles. The Bertz CT molecular complexity index is 604. The first-order chi connectivity index (χ1) is 12.3. The number of halogens is 1. The Balaban J connectivity index is 1.76. The Hall–Kier alpha value is -1.36. The van der Waals surface area contributed by atoms with E-state index in [1.54, 1.807) is 0 Å². The Kier molecular flexibility index (Phi) is 9.63. The van der Waals surface area contributed by atoms with Gasteiger partial charge in [-0.3, -0.25) is 0 Å². The van der Waals surface area contributed by atoms with Gasteiger partial charge in [0.2, 0.25) is 0 Å². The highest BCUT2D eigenvalue weighted by Crippen LogP contribution is 2.24. The molecule has 0 fully saturated rings. The van der Waals surface area contributed by atoms with Crippen LogP contribution in [0.25, 0.3) is 0 Å². The summed E-state index contributed by atoms with van der Waals surface area (Å²) in [6.07, 6.45) is 3.36. The molecule has 2 aromatic rings. The highest BCUT2D eigenvalue weighted by molar-refractivity contribution is 9.10. The van der Waals surface area contributed by atoms with E-state index in [1.807, 2.05) is 30.3 Å². The minimum absolute atomic E-state index is 0.584. The fraction of sp³-hybridized carbons (Fsp3) is 0.429. The molecule has 136 valence electrons. The second kappa shape index (κ2) is 12.1. The van der Waals surface area contributed by atoms with E-state index in [1.165, 1.54) is 12.0 Å². The van der Waals surface area contributed by atoms with Crippen LogP contribution in [-0.2, 0) is 17.9 Å². The number of rotatable bonds is 12. The Morgan fingerprint density at radius 1 is 1.00 bits per heavy atom. The quantitative estimate of drug-likeness (QED) is 0.484. The minimum Gasteiger partial charge on any atom is -0.489 e.